The highest BCUT2D eigenvalue weighted by Gasteiger charge is 2.35. The van der Waals surface area contributed by atoms with Crippen molar-refractivity contribution in [2.24, 2.45) is 0 Å². The third-order valence-corrected chi connectivity index (χ3v) is 5.01. The van der Waals surface area contributed by atoms with Crippen LogP contribution in [-0.2, 0) is 11.0 Å². The van der Waals surface area contributed by atoms with Crippen LogP contribution in [0, 0.1) is 11.3 Å². The number of nitrogens with one attached hydrogen (secondary N) is 1. The topological polar surface area (TPSA) is 93.3 Å². The van der Waals surface area contributed by atoms with Crippen molar-refractivity contribution in [2.75, 3.05) is 11.9 Å². The average Bonchev–Trinajstić information content (AvgIpc) is 2.68. The maximum absolute atomic E-state index is 13.0. The van der Waals surface area contributed by atoms with E-state index in [4.69, 9.17) is 10.4 Å². The number of carbonyl (C=O) groups excluding carboxylic acids is 1. The molecule has 5 nitrogen and oxygen atoms in total. The molecular weight excluding hydrogens is 397 g/mol. The highest BCUT2D eigenvalue weighted by Crippen LogP contribution is 2.33. The molecule has 1 aromatic rings. The van der Waals surface area contributed by atoms with Gasteiger partial charge in [0.25, 0.3) is 5.91 Å². The lowest BCUT2D eigenvalue weighted by molar-refractivity contribution is -0.138. The second kappa shape index (κ2) is 12.6. The van der Waals surface area contributed by atoms with Gasteiger partial charge in [-0.15, -0.1) is 0 Å². The van der Waals surface area contributed by atoms with Crippen LogP contribution in [0.3, 0.4) is 0 Å². The number of nitriles is 1. The zero-order valence-corrected chi connectivity index (χ0v) is 17.4. The Kier molecular flexibility index (Phi) is 10.8. The number of hydrogen-bond acceptors (Lipinski definition) is 4. The van der Waals surface area contributed by atoms with E-state index in [0.29, 0.717) is 12.5 Å². The van der Waals surface area contributed by atoms with Gasteiger partial charge in [0.2, 0.25) is 0 Å². The molecule has 1 atom stereocenters. The van der Waals surface area contributed by atoms with Gasteiger partial charge in [-0.3, -0.25) is 4.79 Å². The molecule has 0 saturated heterocycles. The van der Waals surface area contributed by atoms with E-state index >= 15 is 0 Å². The highest BCUT2D eigenvalue weighted by atomic mass is 19.4. The van der Waals surface area contributed by atoms with E-state index in [1.807, 2.05) is 0 Å². The van der Waals surface area contributed by atoms with E-state index in [1.165, 1.54) is 19.1 Å². The molecule has 0 spiro atoms. The van der Waals surface area contributed by atoms with Crippen molar-refractivity contribution in [1.29, 1.82) is 5.26 Å². The first-order valence-electron chi connectivity index (χ1n) is 10.4. The molecule has 0 aliphatic rings. The van der Waals surface area contributed by atoms with E-state index in [1.54, 1.807) is 0 Å². The molecular formula is C22H31F3N2O3. The number of rotatable bonds is 13. The molecule has 0 saturated carbocycles. The quantitative estimate of drug-likeness (QED) is 0.378. The lowest BCUT2D eigenvalue weighted by atomic mass is 9.96. The van der Waals surface area contributed by atoms with Gasteiger partial charge in [0.05, 0.1) is 17.2 Å². The number of aliphatic hydroxyl groups is 2. The fourth-order valence-electron chi connectivity index (χ4n) is 3.15. The van der Waals surface area contributed by atoms with Gasteiger partial charge in [-0.05, 0) is 38.0 Å². The lowest BCUT2D eigenvalue weighted by Gasteiger charge is -2.22. The summed E-state index contributed by atoms with van der Waals surface area (Å²) in [5, 5.41) is 30.2. The Bertz CT molecular complexity index is 713. The molecule has 0 radical (unpaired) electrons. The molecule has 3 N–H and O–H groups in total. The number of anilines is 1. The van der Waals surface area contributed by atoms with Crippen LogP contribution >= 0.6 is 0 Å². The molecule has 0 aliphatic carbocycles. The molecule has 8 heteroatoms. The number of nitrogens with zero attached hydrogens (tertiary/aromatic N) is 1. The van der Waals surface area contributed by atoms with Crippen LogP contribution in [0.15, 0.2) is 18.2 Å². The summed E-state index contributed by atoms with van der Waals surface area (Å²) in [6.45, 7) is 1.58. The van der Waals surface area contributed by atoms with E-state index in [9.17, 15) is 23.1 Å². The molecule has 0 aromatic heterocycles. The summed E-state index contributed by atoms with van der Waals surface area (Å²) in [5.41, 5.74) is -3.47. The minimum atomic E-state index is -4.72. The van der Waals surface area contributed by atoms with E-state index in [0.717, 1.165) is 57.4 Å². The Morgan fingerprint density at radius 3 is 2.07 bits per heavy atom. The SMILES string of the molecule is C[C@](O)(CCCCCCCCCCCO)C(=O)Nc1ccc(C#N)c(C(F)(F)F)c1. The van der Waals surface area contributed by atoms with Crippen LogP contribution in [0.5, 0.6) is 0 Å². The standard InChI is InChI=1S/C22H31F3N2O3/c1-21(30,13-9-7-5-3-2-4-6-8-10-14-28)20(29)27-18-12-11-17(16-26)19(15-18)22(23,24)25/h11-12,15,28,30H,2-10,13-14H2,1H3,(H,27,29)/t21-/m0/s1. The Balaban J connectivity index is 2.43. The number of hydrogen-bond donors (Lipinski definition) is 3. The molecule has 0 aliphatic heterocycles. The van der Waals surface area contributed by atoms with Gasteiger partial charge >= 0.3 is 6.18 Å². The number of aliphatic hydroxyl groups excluding tert-OH is 1. The molecule has 30 heavy (non-hydrogen) atoms. The summed E-state index contributed by atoms with van der Waals surface area (Å²) in [6.07, 6.45) is 4.27. The smallest absolute Gasteiger partial charge is 0.396 e. The minimum absolute atomic E-state index is 0.118. The molecule has 1 aromatic carbocycles. The average molecular weight is 428 g/mol. The maximum atomic E-state index is 13.0. The Labute approximate surface area is 175 Å². The van der Waals surface area contributed by atoms with Crippen molar-refractivity contribution in [3.05, 3.63) is 29.3 Å². The number of alkyl halides is 3. The van der Waals surface area contributed by atoms with Crippen LogP contribution in [0.4, 0.5) is 18.9 Å². The van der Waals surface area contributed by atoms with Crippen molar-refractivity contribution in [3.8, 4) is 6.07 Å². The summed E-state index contributed by atoms with van der Waals surface area (Å²) >= 11 is 0. The van der Waals surface area contributed by atoms with Crippen LogP contribution in [-0.4, -0.2) is 28.3 Å². The predicted octanol–water partition coefficient (Wildman–Crippen LogP) is 5.16. The Morgan fingerprint density at radius 1 is 1.03 bits per heavy atom. The van der Waals surface area contributed by atoms with Gasteiger partial charge in [-0.1, -0.05) is 51.4 Å². The number of carbonyl (C=O) groups is 1. The van der Waals surface area contributed by atoms with Crippen molar-refractivity contribution in [2.45, 2.75) is 82.9 Å². The molecule has 0 unspecified atom stereocenters. The van der Waals surface area contributed by atoms with Gasteiger partial charge in [-0.25, -0.2) is 0 Å². The van der Waals surface area contributed by atoms with Crippen molar-refractivity contribution in [1.82, 2.24) is 0 Å². The number of amides is 1. The second-order valence-corrected chi connectivity index (χ2v) is 7.75. The van der Waals surface area contributed by atoms with Crippen molar-refractivity contribution < 1.29 is 28.2 Å². The van der Waals surface area contributed by atoms with Crippen LogP contribution in [0.25, 0.3) is 0 Å². The Morgan fingerprint density at radius 2 is 1.57 bits per heavy atom. The van der Waals surface area contributed by atoms with Gasteiger partial charge in [0, 0.05) is 12.3 Å². The highest BCUT2D eigenvalue weighted by molar-refractivity contribution is 5.96. The van der Waals surface area contributed by atoms with Crippen LogP contribution in [0.2, 0.25) is 0 Å². The molecule has 0 heterocycles. The minimum Gasteiger partial charge on any atom is -0.396 e. The molecule has 1 amide bonds. The zero-order chi connectivity index (χ0) is 22.6. The Hall–Kier alpha value is -2.11. The largest absolute Gasteiger partial charge is 0.417 e. The van der Waals surface area contributed by atoms with E-state index in [2.05, 4.69) is 5.32 Å². The molecule has 0 bridgehead atoms. The number of benzene rings is 1. The first-order chi connectivity index (χ1) is 14.1. The van der Waals surface area contributed by atoms with Gasteiger partial charge in [0.15, 0.2) is 0 Å². The maximum Gasteiger partial charge on any atom is 0.417 e. The molecule has 168 valence electrons. The van der Waals surface area contributed by atoms with Gasteiger partial charge in [0.1, 0.15) is 5.60 Å². The summed E-state index contributed by atoms with van der Waals surface area (Å²) in [7, 11) is 0. The third-order valence-electron chi connectivity index (χ3n) is 5.01. The first-order valence-corrected chi connectivity index (χ1v) is 10.4. The predicted molar refractivity (Wildman–Crippen MR) is 109 cm³/mol. The normalized spacial score (nSPS) is 13.5. The lowest BCUT2D eigenvalue weighted by Crippen LogP contribution is -2.40. The monoisotopic (exact) mass is 428 g/mol. The summed E-state index contributed by atoms with van der Waals surface area (Å²) in [6, 6.07) is 4.39. The third kappa shape index (κ3) is 9.14. The van der Waals surface area contributed by atoms with Crippen molar-refractivity contribution in [3.63, 3.8) is 0 Å². The van der Waals surface area contributed by atoms with E-state index in [-0.39, 0.29) is 18.7 Å². The van der Waals surface area contributed by atoms with Gasteiger partial charge in [-0.2, -0.15) is 18.4 Å². The molecule has 1 rings (SSSR count). The number of unbranched alkanes of at least 4 members (excludes halogenated alkanes) is 8. The fraction of sp³-hybridized carbons (Fsp3) is 0.636. The summed E-state index contributed by atoms with van der Waals surface area (Å²) in [4.78, 5) is 12.3. The zero-order valence-electron chi connectivity index (χ0n) is 17.4. The van der Waals surface area contributed by atoms with E-state index < -0.39 is 28.8 Å². The van der Waals surface area contributed by atoms with Crippen LogP contribution < -0.4 is 5.32 Å². The fourth-order valence-corrected chi connectivity index (χ4v) is 3.15. The van der Waals surface area contributed by atoms with Crippen LogP contribution in [0.1, 0.15) is 82.3 Å². The summed E-state index contributed by atoms with van der Waals surface area (Å²) in [5.74, 6) is -0.774. The van der Waals surface area contributed by atoms with Gasteiger partial charge < -0.3 is 15.5 Å². The molecule has 0 fully saturated rings. The second-order valence-electron chi connectivity index (χ2n) is 7.75. The first kappa shape index (κ1) is 25.9. The summed E-state index contributed by atoms with van der Waals surface area (Å²) < 4.78 is 39.1. The van der Waals surface area contributed by atoms with Crippen molar-refractivity contribution >= 4 is 11.6 Å². The number of halogens is 3.